The fourth-order valence-corrected chi connectivity index (χ4v) is 3.48. The molecule has 1 atom stereocenters. The number of aryl methyl sites for hydroxylation is 1. The monoisotopic (exact) mass is 521 g/mol. The SMILES string of the molecule is [2H]N(F)[B]C(C)C(=O)OCCOCC(=O)c1cc2c(ncn2C)c(F)c1Cc1ccc(Br)cc1. The summed E-state index contributed by atoms with van der Waals surface area (Å²) < 4.78 is 47.3. The first-order valence-corrected chi connectivity index (χ1v) is 10.9. The second-order valence-corrected chi connectivity index (χ2v) is 8.34. The van der Waals surface area contributed by atoms with E-state index >= 15 is 4.39 Å². The number of rotatable bonds is 11. The van der Waals surface area contributed by atoms with Gasteiger partial charge in [0.15, 0.2) is 11.6 Å². The van der Waals surface area contributed by atoms with Crippen LogP contribution >= 0.6 is 15.9 Å². The molecule has 1 aromatic heterocycles. The van der Waals surface area contributed by atoms with E-state index in [9.17, 15) is 14.1 Å². The van der Waals surface area contributed by atoms with Crippen LogP contribution in [-0.2, 0) is 27.7 Å². The summed E-state index contributed by atoms with van der Waals surface area (Å²) in [6.45, 7) is 0.794. The van der Waals surface area contributed by atoms with Gasteiger partial charge < -0.3 is 14.0 Å². The van der Waals surface area contributed by atoms with Crippen LogP contribution in [0, 0.1) is 5.82 Å². The Labute approximate surface area is 200 Å². The van der Waals surface area contributed by atoms with Crippen molar-refractivity contribution >= 4 is 46.1 Å². The van der Waals surface area contributed by atoms with Crippen LogP contribution in [0.5, 0.6) is 0 Å². The van der Waals surface area contributed by atoms with E-state index in [0.717, 1.165) is 17.5 Å². The Hall–Kier alpha value is -2.63. The quantitative estimate of drug-likeness (QED) is 0.136. The molecule has 0 aliphatic heterocycles. The summed E-state index contributed by atoms with van der Waals surface area (Å²) in [7, 11) is 2.45. The van der Waals surface area contributed by atoms with E-state index < -0.39 is 28.8 Å². The highest BCUT2D eigenvalue weighted by molar-refractivity contribution is 9.10. The lowest BCUT2D eigenvalue weighted by Crippen LogP contribution is -2.24. The number of ether oxygens (including phenoxy) is 2. The highest BCUT2D eigenvalue weighted by Gasteiger charge is 2.22. The van der Waals surface area contributed by atoms with E-state index in [1.54, 1.807) is 17.7 Å². The zero-order valence-electron chi connectivity index (χ0n) is 19.1. The summed E-state index contributed by atoms with van der Waals surface area (Å²) in [5.74, 6) is -2.66. The first-order valence-electron chi connectivity index (χ1n) is 10.6. The number of esters is 1. The normalized spacial score (nSPS) is 12.6. The minimum Gasteiger partial charge on any atom is -0.464 e. The summed E-state index contributed by atoms with van der Waals surface area (Å²) >= 11 is 3.37. The van der Waals surface area contributed by atoms with Gasteiger partial charge in [0.2, 0.25) is 0 Å². The minimum atomic E-state index is -0.945. The highest BCUT2D eigenvalue weighted by Crippen LogP contribution is 2.27. The van der Waals surface area contributed by atoms with Gasteiger partial charge in [-0.05, 0) is 23.8 Å². The van der Waals surface area contributed by atoms with Crippen LogP contribution in [0.4, 0.5) is 8.87 Å². The third kappa shape index (κ3) is 6.24. The molecule has 0 amide bonds. The van der Waals surface area contributed by atoms with Crippen molar-refractivity contribution in [3.63, 3.8) is 0 Å². The molecule has 0 aliphatic carbocycles. The Balaban J connectivity index is 1.69. The van der Waals surface area contributed by atoms with Crippen LogP contribution in [0.3, 0.4) is 0 Å². The molecular weight excluding hydrogens is 499 g/mol. The molecule has 0 fully saturated rings. The lowest BCUT2D eigenvalue weighted by Gasteiger charge is -2.13. The van der Waals surface area contributed by atoms with Crippen molar-refractivity contribution in [3.05, 3.63) is 63.6 Å². The average molecular weight is 522 g/mol. The van der Waals surface area contributed by atoms with Crippen LogP contribution in [-0.4, -0.2) is 48.5 Å². The Kier molecular flexibility index (Phi) is 8.19. The number of nitrogens with one attached hydrogen (secondary N) is 1. The fraction of sp³-hybridized carbons (Fsp3) is 0.318. The Morgan fingerprint density at radius 2 is 2.06 bits per heavy atom. The number of hydrogen-bond acceptors (Lipinski definition) is 6. The molecule has 0 saturated heterocycles. The van der Waals surface area contributed by atoms with E-state index in [4.69, 9.17) is 10.9 Å². The topological polar surface area (TPSA) is 82.4 Å². The van der Waals surface area contributed by atoms with Crippen molar-refractivity contribution in [3.8, 4) is 0 Å². The van der Waals surface area contributed by atoms with Gasteiger partial charge in [-0.25, -0.2) is 14.8 Å². The molecule has 2 aromatic carbocycles. The maximum atomic E-state index is 15.4. The van der Waals surface area contributed by atoms with Gasteiger partial charge in [0, 0.05) is 34.9 Å². The molecule has 0 bridgehead atoms. The molecule has 173 valence electrons. The predicted octanol–water partition coefficient (Wildman–Crippen LogP) is 3.71. The molecule has 3 rings (SSSR count). The number of hydrogen-bond donors (Lipinski definition) is 1. The number of nitrogens with zero attached hydrogens (tertiary/aromatic N) is 2. The number of ketones is 1. The third-order valence-corrected chi connectivity index (χ3v) is 5.54. The summed E-state index contributed by atoms with van der Waals surface area (Å²) in [4.78, 5) is 28.8. The maximum Gasteiger partial charge on any atom is 0.302 e. The highest BCUT2D eigenvalue weighted by atomic mass is 79.9. The number of benzene rings is 2. The lowest BCUT2D eigenvalue weighted by atomic mass is 9.78. The molecule has 1 N–H and O–H groups in total. The first-order chi connectivity index (χ1) is 16.2. The van der Waals surface area contributed by atoms with E-state index in [0.29, 0.717) is 5.52 Å². The van der Waals surface area contributed by atoms with Gasteiger partial charge in [-0.3, -0.25) is 9.59 Å². The van der Waals surface area contributed by atoms with Crippen molar-refractivity contribution in [1.82, 2.24) is 15.0 Å². The number of aromatic nitrogens is 2. The summed E-state index contributed by atoms with van der Waals surface area (Å²) in [5.41, 5.74) is 1.44. The number of fused-ring (bicyclic) bond motifs is 1. The standard InChI is InChI=1S/C22H22BBrF2N3O4/c1-13(23-28-26)22(31)33-8-7-32-11-19(30)16-10-18-21(27-12-29(18)2)20(25)17(16)9-14-3-5-15(24)6-4-14/h3-6,10,12-13,28H,7-9,11H2,1-2H3/i28D. The molecular formula is C22H22BBrF2N3O4. The van der Waals surface area contributed by atoms with Crippen molar-refractivity contribution in [1.29, 1.82) is 0 Å². The van der Waals surface area contributed by atoms with Gasteiger partial charge in [0.25, 0.3) is 7.41 Å². The number of imidazole rings is 1. The van der Waals surface area contributed by atoms with Crippen molar-refractivity contribution in [2.24, 2.45) is 7.05 Å². The van der Waals surface area contributed by atoms with Gasteiger partial charge in [-0.1, -0.05) is 35.0 Å². The third-order valence-electron chi connectivity index (χ3n) is 5.01. The molecule has 3 aromatic rings. The zero-order chi connectivity index (χ0) is 24.8. The van der Waals surface area contributed by atoms with Crippen LogP contribution in [0.25, 0.3) is 11.0 Å². The van der Waals surface area contributed by atoms with Gasteiger partial charge in [-0.2, -0.15) is 4.48 Å². The van der Waals surface area contributed by atoms with Crippen molar-refractivity contribution in [2.75, 3.05) is 19.8 Å². The largest absolute Gasteiger partial charge is 0.464 e. The van der Waals surface area contributed by atoms with Crippen molar-refractivity contribution < 1.29 is 29.3 Å². The minimum absolute atomic E-state index is 0.0805. The molecule has 0 saturated carbocycles. The maximum absolute atomic E-state index is 15.4. The summed E-state index contributed by atoms with van der Waals surface area (Å²) in [5, 5.41) is 0. The molecule has 0 aliphatic rings. The second kappa shape index (κ2) is 11.5. The number of carbonyl (C=O) groups excluding carboxylic acids is 2. The smallest absolute Gasteiger partial charge is 0.302 e. The Bertz CT molecular complexity index is 1180. The zero-order valence-corrected chi connectivity index (χ0v) is 19.6. The van der Waals surface area contributed by atoms with Gasteiger partial charge in [0.1, 0.15) is 20.1 Å². The van der Waals surface area contributed by atoms with Gasteiger partial charge >= 0.3 is 5.97 Å². The van der Waals surface area contributed by atoms with Gasteiger partial charge in [0.05, 0.1) is 18.5 Å². The molecule has 1 unspecified atom stereocenters. The Morgan fingerprint density at radius 3 is 2.76 bits per heavy atom. The summed E-state index contributed by atoms with van der Waals surface area (Å²) in [6.07, 6.45) is 1.68. The second-order valence-electron chi connectivity index (χ2n) is 7.42. The molecule has 1 radical (unpaired) electrons. The average Bonchev–Trinajstić information content (AvgIpc) is 3.16. The molecule has 33 heavy (non-hydrogen) atoms. The number of Topliss-reactive ketones (excluding diaryl/α,β-unsaturated/α-hetero) is 1. The van der Waals surface area contributed by atoms with Crippen molar-refractivity contribution in [2.45, 2.75) is 19.2 Å². The molecule has 0 spiro atoms. The van der Waals surface area contributed by atoms with Crippen LogP contribution < -0.4 is 5.44 Å². The summed E-state index contributed by atoms with van der Waals surface area (Å²) in [6, 6.07) is 8.96. The van der Waals surface area contributed by atoms with E-state index in [2.05, 4.69) is 20.9 Å². The predicted molar refractivity (Wildman–Crippen MR) is 123 cm³/mol. The number of carbonyl (C=O) groups is 2. The molecule has 7 nitrogen and oxygen atoms in total. The molecule has 11 heteroatoms. The Morgan fingerprint density at radius 1 is 1.33 bits per heavy atom. The van der Waals surface area contributed by atoms with E-state index in [1.807, 2.05) is 24.3 Å². The van der Waals surface area contributed by atoms with E-state index in [-0.39, 0.29) is 42.9 Å². The first kappa shape index (κ1) is 23.5. The fourth-order valence-electron chi connectivity index (χ4n) is 3.21. The molecule has 1 heterocycles. The van der Waals surface area contributed by atoms with E-state index in [1.165, 1.54) is 13.3 Å². The van der Waals surface area contributed by atoms with Crippen LogP contribution in [0.15, 0.2) is 41.1 Å². The number of halogens is 3. The lowest BCUT2D eigenvalue weighted by molar-refractivity contribution is -0.144. The van der Waals surface area contributed by atoms with Crippen LogP contribution in [0.1, 0.15) is 28.4 Å². The van der Waals surface area contributed by atoms with Gasteiger partial charge in [-0.15, -0.1) is 0 Å². The van der Waals surface area contributed by atoms with Crippen LogP contribution in [0.2, 0.25) is 7.23 Å².